The predicted molar refractivity (Wildman–Crippen MR) is 64.7 cm³/mol. The van der Waals surface area contributed by atoms with Crippen molar-refractivity contribution in [3.8, 4) is 0 Å². The van der Waals surface area contributed by atoms with Crippen LogP contribution in [-0.2, 0) is 4.79 Å². The van der Waals surface area contributed by atoms with Crippen molar-refractivity contribution in [3.63, 3.8) is 0 Å². The van der Waals surface area contributed by atoms with Gasteiger partial charge in [-0.25, -0.2) is 0 Å². The summed E-state index contributed by atoms with van der Waals surface area (Å²) in [7, 11) is 0. The van der Waals surface area contributed by atoms with Gasteiger partial charge in [-0.2, -0.15) is 0 Å². The molecule has 0 aromatic carbocycles. The number of hydrogen-bond acceptors (Lipinski definition) is 1. The summed E-state index contributed by atoms with van der Waals surface area (Å²) in [4.78, 5) is 10.9. The van der Waals surface area contributed by atoms with Gasteiger partial charge in [-0.1, -0.05) is 50.1 Å². The molecule has 2 rings (SSSR count). The van der Waals surface area contributed by atoms with Gasteiger partial charge >= 0.3 is 0 Å². The molecule has 76 valence electrons. The summed E-state index contributed by atoms with van der Waals surface area (Å²) in [6.45, 7) is 3.85. The summed E-state index contributed by atoms with van der Waals surface area (Å²) in [5.74, 6) is 0.978. The molecular weight excluding hydrogens is 308 g/mol. The number of allylic oxidation sites excluding steroid dienone is 3. The van der Waals surface area contributed by atoms with Crippen LogP contribution in [0.2, 0.25) is 0 Å². The third kappa shape index (κ3) is 1.65. The van der Waals surface area contributed by atoms with E-state index in [2.05, 4.69) is 44.5 Å². The second kappa shape index (κ2) is 3.60. The Morgan fingerprint density at radius 1 is 1.79 bits per heavy atom. The van der Waals surface area contributed by atoms with Crippen LogP contribution in [0.1, 0.15) is 19.3 Å². The van der Waals surface area contributed by atoms with E-state index in [1.165, 1.54) is 5.57 Å². The third-order valence-corrected chi connectivity index (χ3v) is 4.62. The molecule has 0 unspecified atom stereocenters. The van der Waals surface area contributed by atoms with Gasteiger partial charge in [0.2, 0.25) is 0 Å². The Morgan fingerprint density at radius 3 is 2.93 bits per heavy atom. The van der Waals surface area contributed by atoms with Crippen molar-refractivity contribution >= 4 is 38.1 Å². The zero-order valence-corrected chi connectivity index (χ0v) is 11.0. The van der Waals surface area contributed by atoms with Crippen molar-refractivity contribution in [2.24, 2.45) is 11.8 Å². The molecule has 2 aliphatic rings. The molecule has 0 heterocycles. The highest BCUT2D eigenvalue weighted by Gasteiger charge is 2.49. The molecule has 0 aliphatic heterocycles. The minimum absolute atomic E-state index is 0.269. The SMILES string of the molecule is C=C(Br)CC1=C[C@H]2C[C@@H]1C[C@]2(Br)C=O. The molecule has 0 radical (unpaired) electrons. The van der Waals surface area contributed by atoms with Crippen LogP contribution in [-0.4, -0.2) is 10.6 Å². The van der Waals surface area contributed by atoms with Gasteiger partial charge in [0.05, 0.1) is 4.32 Å². The van der Waals surface area contributed by atoms with Crippen molar-refractivity contribution in [2.45, 2.75) is 23.6 Å². The maximum absolute atomic E-state index is 10.9. The molecule has 0 aromatic heterocycles. The van der Waals surface area contributed by atoms with E-state index in [1.807, 2.05) is 0 Å². The molecule has 2 aliphatic carbocycles. The molecular formula is C11H12Br2O. The van der Waals surface area contributed by atoms with Crippen LogP contribution in [0.15, 0.2) is 22.7 Å². The van der Waals surface area contributed by atoms with E-state index in [1.54, 1.807) is 0 Å². The highest BCUT2D eigenvalue weighted by molar-refractivity contribution is 9.11. The molecule has 2 bridgehead atoms. The van der Waals surface area contributed by atoms with Crippen LogP contribution >= 0.6 is 31.9 Å². The number of carbonyl (C=O) groups excluding carboxylic acids is 1. The highest BCUT2D eigenvalue weighted by Crippen LogP contribution is 2.54. The Hall–Kier alpha value is 0.110. The first-order valence-corrected chi connectivity index (χ1v) is 6.33. The Bertz CT molecular complexity index is 321. The molecule has 1 saturated carbocycles. The van der Waals surface area contributed by atoms with Crippen molar-refractivity contribution in [1.82, 2.24) is 0 Å². The number of alkyl halides is 1. The lowest BCUT2D eigenvalue weighted by Crippen LogP contribution is -2.28. The monoisotopic (exact) mass is 318 g/mol. The fourth-order valence-corrected chi connectivity index (χ4v) is 3.59. The zero-order valence-electron chi connectivity index (χ0n) is 7.80. The first-order chi connectivity index (χ1) is 6.55. The van der Waals surface area contributed by atoms with Gasteiger partial charge in [0.25, 0.3) is 0 Å². The minimum Gasteiger partial charge on any atom is -0.302 e. The summed E-state index contributed by atoms with van der Waals surface area (Å²) in [6.07, 6.45) is 6.33. The fourth-order valence-electron chi connectivity index (χ4n) is 2.56. The fraction of sp³-hybridized carbons (Fsp3) is 0.545. The van der Waals surface area contributed by atoms with Crippen molar-refractivity contribution in [3.05, 3.63) is 22.7 Å². The summed E-state index contributed by atoms with van der Waals surface area (Å²) < 4.78 is 0.761. The summed E-state index contributed by atoms with van der Waals surface area (Å²) in [5.41, 5.74) is 1.45. The Balaban J connectivity index is 2.16. The van der Waals surface area contributed by atoms with E-state index in [4.69, 9.17) is 0 Å². The normalized spacial score (nSPS) is 39.7. The molecule has 1 fully saturated rings. The minimum atomic E-state index is -0.269. The van der Waals surface area contributed by atoms with Crippen LogP contribution in [0.4, 0.5) is 0 Å². The molecule has 0 spiro atoms. The number of hydrogen-bond donors (Lipinski definition) is 0. The maximum atomic E-state index is 10.9. The average Bonchev–Trinajstić information content (AvgIpc) is 2.61. The Kier molecular flexibility index (Phi) is 2.73. The predicted octanol–water partition coefficient (Wildman–Crippen LogP) is 3.58. The van der Waals surface area contributed by atoms with Gasteiger partial charge in [0, 0.05) is 0 Å². The molecule has 0 aromatic rings. The first-order valence-electron chi connectivity index (χ1n) is 4.74. The highest BCUT2D eigenvalue weighted by atomic mass is 79.9. The summed E-state index contributed by atoms with van der Waals surface area (Å²) in [6, 6.07) is 0. The number of halogens is 2. The summed E-state index contributed by atoms with van der Waals surface area (Å²) >= 11 is 6.93. The second-order valence-corrected chi connectivity index (χ2v) is 6.82. The number of rotatable bonds is 3. The Morgan fingerprint density at radius 2 is 2.50 bits per heavy atom. The molecule has 0 amide bonds. The zero-order chi connectivity index (χ0) is 10.3. The quantitative estimate of drug-likeness (QED) is 0.441. The number of carbonyl (C=O) groups is 1. The molecule has 3 heteroatoms. The van der Waals surface area contributed by atoms with E-state index in [0.717, 1.165) is 30.0 Å². The molecule has 14 heavy (non-hydrogen) atoms. The van der Waals surface area contributed by atoms with Gasteiger partial charge < -0.3 is 4.79 Å². The first kappa shape index (κ1) is 10.6. The molecule has 1 nitrogen and oxygen atoms in total. The lowest BCUT2D eigenvalue weighted by atomic mass is 9.89. The van der Waals surface area contributed by atoms with Gasteiger partial charge in [0.15, 0.2) is 0 Å². The van der Waals surface area contributed by atoms with E-state index < -0.39 is 0 Å². The molecule has 3 atom stereocenters. The standard InChI is InChI=1S/C11H12Br2O/c1-7(12)2-8-3-10-4-9(8)5-11(10,13)6-14/h3,6,9-10H,1-2,4-5H2/t9-,10+,11+/m1/s1. The van der Waals surface area contributed by atoms with Crippen LogP contribution in [0.3, 0.4) is 0 Å². The lowest BCUT2D eigenvalue weighted by Gasteiger charge is -2.24. The lowest BCUT2D eigenvalue weighted by molar-refractivity contribution is -0.110. The summed E-state index contributed by atoms with van der Waals surface area (Å²) in [5, 5.41) is 0. The molecule has 0 N–H and O–H groups in total. The van der Waals surface area contributed by atoms with Gasteiger partial charge in [-0.15, -0.1) is 0 Å². The van der Waals surface area contributed by atoms with E-state index >= 15 is 0 Å². The van der Waals surface area contributed by atoms with Crippen molar-refractivity contribution in [1.29, 1.82) is 0 Å². The van der Waals surface area contributed by atoms with E-state index in [9.17, 15) is 4.79 Å². The third-order valence-electron chi connectivity index (χ3n) is 3.25. The Labute approximate surface area is 101 Å². The van der Waals surface area contributed by atoms with E-state index in [0.29, 0.717) is 11.8 Å². The molecule has 0 saturated heterocycles. The van der Waals surface area contributed by atoms with Crippen LogP contribution < -0.4 is 0 Å². The van der Waals surface area contributed by atoms with Gasteiger partial charge in [-0.05, 0) is 35.6 Å². The van der Waals surface area contributed by atoms with E-state index in [-0.39, 0.29) is 4.32 Å². The van der Waals surface area contributed by atoms with Gasteiger partial charge in [-0.3, -0.25) is 0 Å². The van der Waals surface area contributed by atoms with Crippen molar-refractivity contribution in [2.75, 3.05) is 0 Å². The second-order valence-electron chi connectivity index (χ2n) is 4.22. The maximum Gasteiger partial charge on any atom is 0.137 e. The van der Waals surface area contributed by atoms with Gasteiger partial charge in [0.1, 0.15) is 6.29 Å². The number of aldehydes is 1. The average molecular weight is 320 g/mol. The van der Waals surface area contributed by atoms with Crippen LogP contribution in [0, 0.1) is 11.8 Å². The van der Waals surface area contributed by atoms with Crippen LogP contribution in [0.25, 0.3) is 0 Å². The largest absolute Gasteiger partial charge is 0.302 e. The topological polar surface area (TPSA) is 17.1 Å². The van der Waals surface area contributed by atoms with Crippen molar-refractivity contribution < 1.29 is 4.79 Å². The van der Waals surface area contributed by atoms with Crippen LogP contribution in [0.5, 0.6) is 0 Å². The number of fused-ring (bicyclic) bond motifs is 2. The smallest absolute Gasteiger partial charge is 0.137 e.